The van der Waals surface area contributed by atoms with E-state index < -0.39 is 47.5 Å². The highest BCUT2D eigenvalue weighted by molar-refractivity contribution is 5.98. The van der Waals surface area contributed by atoms with Crippen LogP contribution in [0.4, 0.5) is 0 Å². The van der Waals surface area contributed by atoms with E-state index in [4.69, 9.17) is 14.2 Å². The van der Waals surface area contributed by atoms with Crippen molar-refractivity contribution in [1.82, 2.24) is 21.3 Å². The van der Waals surface area contributed by atoms with Crippen LogP contribution in [0.5, 0.6) is 5.75 Å². The monoisotopic (exact) mass is 854 g/mol. The molecule has 3 aromatic rings. The molecule has 5 rings (SSSR count). The number of amides is 4. The van der Waals surface area contributed by atoms with E-state index in [9.17, 15) is 28.8 Å². The molecular formula is C48H64N5O9+. The topological polar surface area (TPSA) is 182 Å². The van der Waals surface area contributed by atoms with Gasteiger partial charge < -0.3 is 40.0 Å². The summed E-state index contributed by atoms with van der Waals surface area (Å²) in [6.45, 7) is 12.9. The Kier molecular flexibility index (Phi) is 17.3. The number of quaternary nitrogens is 1. The lowest BCUT2D eigenvalue weighted by atomic mass is 9.93. The van der Waals surface area contributed by atoms with E-state index in [1.807, 2.05) is 100 Å². The van der Waals surface area contributed by atoms with Crippen LogP contribution >= 0.6 is 0 Å². The standard InChI is InChI=1S/C48H63N5O9/c1-33(2)26-40(44(56)48(5)31-62-48)50-47(59)42(28-36-14-10-7-11-15-36)52-46(58)41(27-34(3)4)51-45(57)39(21-18-35-12-8-6-9-13-35)49-43(55)30-53(22-24-60-25-23-53)29-37-16-19-38(20-17-37)61-32-54/h6-17,19-20,32-34,39-42H,18,21-31H2,1-5H3,(H3-,49,50,51,52,55,57,58,59)/p+1/t39-,40-,41-,42-,48+/m0/s1. The zero-order chi connectivity index (χ0) is 44.7. The Morgan fingerprint density at radius 3 is 1.81 bits per heavy atom. The molecule has 3 aromatic carbocycles. The van der Waals surface area contributed by atoms with E-state index in [-0.39, 0.29) is 55.9 Å². The molecule has 334 valence electrons. The highest BCUT2D eigenvalue weighted by atomic mass is 16.6. The third-order valence-corrected chi connectivity index (χ3v) is 11.4. The average Bonchev–Trinajstić information content (AvgIpc) is 4.00. The molecule has 14 heteroatoms. The smallest absolute Gasteiger partial charge is 0.298 e. The van der Waals surface area contributed by atoms with Crippen molar-refractivity contribution in [3.05, 3.63) is 102 Å². The van der Waals surface area contributed by atoms with Crippen molar-refractivity contribution in [1.29, 1.82) is 0 Å². The minimum Gasteiger partial charge on any atom is -0.429 e. The molecule has 2 aliphatic rings. The fourth-order valence-electron chi connectivity index (χ4n) is 7.89. The summed E-state index contributed by atoms with van der Waals surface area (Å²) in [5, 5.41) is 11.8. The van der Waals surface area contributed by atoms with E-state index in [2.05, 4.69) is 21.3 Å². The first-order valence-electron chi connectivity index (χ1n) is 21.8. The molecule has 0 saturated carbocycles. The fourth-order valence-corrected chi connectivity index (χ4v) is 7.89. The highest BCUT2D eigenvalue weighted by Crippen LogP contribution is 2.30. The van der Waals surface area contributed by atoms with Crippen LogP contribution in [0.25, 0.3) is 0 Å². The third kappa shape index (κ3) is 14.6. The predicted molar refractivity (Wildman–Crippen MR) is 233 cm³/mol. The first-order valence-corrected chi connectivity index (χ1v) is 21.8. The molecule has 0 bridgehead atoms. The first-order chi connectivity index (χ1) is 29.7. The van der Waals surface area contributed by atoms with Gasteiger partial charge >= 0.3 is 0 Å². The number of carbonyl (C=O) groups is 6. The van der Waals surface area contributed by atoms with Gasteiger partial charge in [-0.2, -0.15) is 0 Å². The van der Waals surface area contributed by atoms with Crippen molar-refractivity contribution < 1.29 is 47.5 Å². The minimum atomic E-state index is -1.07. The number of ether oxygens (including phenoxy) is 3. The van der Waals surface area contributed by atoms with Crippen LogP contribution in [-0.2, 0) is 57.6 Å². The van der Waals surface area contributed by atoms with Gasteiger partial charge in [-0.15, -0.1) is 0 Å². The van der Waals surface area contributed by atoms with Crippen molar-refractivity contribution in [2.24, 2.45) is 11.8 Å². The molecule has 14 nitrogen and oxygen atoms in total. The number of epoxide rings is 1. The van der Waals surface area contributed by atoms with Gasteiger partial charge in [0, 0.05) is 12.0 Å². The second-order valence-corrected chi connectivity index (χ2v) is 17.7. The highest BCUT2D eigenvalue weighted by Gasteiger charge is 2.50. The zero-order valence-corrected chi connectivity index (χ0v) is 36.7. The molecule has 2 saturated heterocycles. The van der Waals surface area contributed by atoms with Gasteiger partial charge in [0.15, 0.2) is 12.3 Å². The Hall–Kier alpha value is -5.44. The van der Waals surface area contributed by atoms with Crippen molar-refractivity contribution in [3.63, 3.8) is 0 Å². The predicted octanol–water partition coefficient (Wildman–Crippen LogP) is 3.83. The van der Waals surface area contributed by atoms with Gasteiger partial charge in [-0.3, -0.25) is 28.8 Å². The van der Waals surface area contributed by atoms with Gasteiger partial charge in [0.1, 0.15) is 49.1 Å². The quantitative estimate of drug-likeness (QED) is 0.0592. The van der Waals surface area contributed by atoms with Crippen LogP contribution in [-0.4, -0.2) is 110 Å². The van der Waals surface area contributed by atoms with Crippen LogP contribution in [0.15, 0.2) is 84.9 Å². The Morgan fingerprint density at radius 1 is 0.694 bits per heavy atom. The van der Waals surface area contributed by atoms with Crippen molar-refractivity contribution >= 4 is 35.9 Å². The van der Waals surface area contributed by atoms with Crippen LogP contribution in [0.3, 0.4) is 0 Å². The molecule has 0 radical (unpaired) electrons. The number of benzene rings is 3. The summed E-state index contributed by atoms with van der Waals surface area (Å²) < 4.78 is 16.5. The van der Waals surface area contributed by atoms with Crippen LogP contribution in [0.2, 0.25) is 0 Å². The lowest BCUT2D eigenvalue weighted by molar-refractivity contribution is -0.940. The van der Waals surface area contributed by atoms with E-state index >= 15 is 0 Å². The number of morpholine rings is 1. The van der Waals surface area contributed by atoms with Gasteiger partial charge in [0.2, 0.25) is 17.7 Å². The maximum atomic E-state index is 14.4. The van der Waals surface area contributed by atoms with Crippen molar-refractivity contribution in [2.75, 3.05) is 39.5 Å². The molecule has 2 heterocycles. The van der Waals surface area contributed by atoms with Crippen LogP contribution in [0.1, 0.15) is 70.6 Å². The first kappa shape index (κ1) is 47.6. The van der Waals surface area contributed by atoms with Crippen molar-refractivity contribution in [3.8, 4) is 5.75 Å². The minimum absolute atomic E-state index is 0.0260. The Morgan fingerprint density at radius 2 is 1.23 bits per heavy atom. The summed E-state index contributed by atoms with van der Waals surface area (Å²) in [5.74, 6) is -1.62. The fraction of sp³-hybridized carbons (Fsp3) is 0.500. The van der Waals surface area contributed by atoms with Crippen molar-refractivity contribution in [2.45, 2.75) is 103 Å². The summed E-state index contributed by atoms with van der Waals surface area (Å²) in [5.41, 5.74) is 1.79. The number of aryl methyl sites for hydroxylation is 1. The lowest BCUT2D eigenvalue weighted by Gasteiger charge is -2.41. The molecule has 2 aliphatic heterocycles. The van der Waals surface area contributed by atoms with Gasteiger partial charge in [0.25, 0.3) is 12.4 Å². The summed E-state index contributed by atoms with van der Waals surface area (Å²) in [4.78, 5) is 81.2. The molecule has 0 unspecified atom stereocenters. The Balaban J connectivity index is 1.34. The summed E-state index contributed by atoms with van der Waals surface area (Å²) in [6.07, 6.45) is 1.57. The molecule has 5 atom stereocenters. The van der Waals surface area contributed by atoms with Crippen LogP contribution < -0.4 is 26.0 Å². The average molecular weight is 855 g/mol. The maximum absolute atomic E-state index is 14.4. The molecule has 0 spiro atoms. The van der Waals surface area contributed by atoms with Crippen LogP contribution in [0, 0.1) is 11.8 Å². The lowest BCUT2D eigenvalue weighted by Crippen LogP contribution is -2.61. The largest absolute Gasteiger partial charge is 0.429 e. The Bertz CT molecular complexity index is 1950. The number of rotatable bonds is 24. The number of hydrogen-bond donors (Lipinski definition) is 4. The number of hydrogen-bond acceptors (Lipinski definition) is 9. The zero-order valence-electron chi connectivity index (χ0n) is 36.7. The number of carbonyl (C=O) groups excluding carboxylic acids is 6. The molecule has 4 N–H and O–H groups in total. The second kappa shape index (κ2) is 22.6. The molecular weight excluding hydrogens is 791 g/mol. The van der Waals surface area contributed by atoms with Gasteiger partial charge in [0.05, 0.1) is 25.9 Å². The van der Waals surface area contributed by atoms with E-state index in [0.29, 0.717) is 62.4 Å². The molecule has 0 aromatic heterocycles. The molecule has 0 aliphatic carbocycles. The van der Waals surface area contributed by atoms with Gasteiger partial charge in [-0.25, -0.2) is 0 Å². The maximum Gasteiger partial charge on any atom is 0.298 e. The normalized spacial score (nSPS) is 18.7. The number of nitrogens with one attached hydrogen (secondary N) is 4. The van der Waals surface area contributed by atoms with Gasteiger partial charge in [-0.05, 0) is 79.8 Å². The summed E-state index contributed by atoms with van der Waals surface area (Å²) in [7, 11) is 0. The van der Waals surface area contributed by atoms with E-state index in [1.165, 1.54) is 0 Å². The summed E-state index contributed by atoms with van der Waals surface area (Å²) >= 11 is 0. The molecule has 2 fully saturated rings. The molecule has 62 heavy (non-hydrogen) atoms. The van der Waals surface area contributed by atoms with E-state index in [1.54, 1.807) is 19.1 Å². The SMILES string of the molecule is CC(C)C[C@H](NC(=O)[C@H](CCc1ccccc1)NC(=O)C[N+]1(Cc2ccc(OC=O)cc2)CCOCC1)C(=O)N[C@@H](Cc1ccccc1)C(=O)N[C@@H](CC(C)C)C(=O)[C@@]1(C)CO1. The third-order valence-electron chi connectivity index (χ3n) is 11.4. The van der Waals surface area contributed by atoms with E-state index in [0.717, 1.165) is 16.7 Å². The number of Topliss-reactive ketones (excluding diaryl/α,β-unsaturated/α-hetero) is 1. The Labute approximate surface area is 365 Å². The summed E-state index contributed by atoms with van der Waals surface area (Å²) in [6, 6.07) is 22.2. The number of nitrogens with zero attached hydrogens (tertiary/aromatic N) is 1. The van der Waals surface area contributed by atoms with Gasteiger partial charge in [-0.1, -0.05) is 88.4 Å². The molecule has 4 amide bonds. The second-order valence-electron chi connectivity index (χ2n) is 17.7. The number of ketones is 1.